The summed E-state index contributed by atoms with van der Waals surface area (Å²) in [7, 11) is 0. The third-order valence-electron chi connectivity index (χ3n) is 4.86. The van der Waals surface area contributed by atoms with Gasteiger partial charge in [0.1, 0.15) is 6.04 Å². The van der Waals surface area contributed by atoms with Crippen molar-refractivity contribution < 1.29 is 19.8 Å². The van der Waals surface area contributed by atoms with E-state index in [9.17, 15) is 19.8 Å². The van der Waals surface area contributed by atoms with E-state index < -0.39 is 12.0 Å². The smallest absolute Gasteiger partial charge is 0.326 e. The van der Waals surface area contributed by atoms with Crippen LogP contribution in [0.2, 0.25) is 0 Å². The Morgan fingerprint density at radius 3 is 2.43 bits per heavy atom. The van der Waals surface area contributed by atoms with Gasteiger partial charge in [0.05, 0.1) is 6.10 Å². The highest BCUT2D eigenvalue weighted by Crippen LogP contribution is 2.26. The van der Waals surface area contributed by atoms with Crippen LogP contribution in [0.1, 0.15) is 51.9 Å². The third-order valence-corrected chi connectivity index (χ3v) is 4.86. The van der Waals surface area contributed by atoms with Crippen molar-refractivity contribution in [2.75, 3.05) is 6.54 Å². The van der Waals surface area contributed by atoms with Crippen molar-refractivity contribution in [3.05, 3.63) is 0 Å². The number of carboxylic acid groups (broad SMARTS) is 1. The molecule has 6 heteroatoms. The fourth-order valence-corrected chi connectivity index (χ4v) is 3.36. The Morgan fingerprint density at radius 2 is 1.86 bits per heavy atom. The number of aliphatic hydroxyl groups is 1. The quantitative estimate of drug-likeness (QED) is 0.738. The normalized spacial score (nSPS) is 33.5. The zero-order chi connectivity index (χ0) is 15.4. The average molecular weight is 298 g/mol. The van der Waals surface area contributed by atoms with Crippen LogP contribution in [-0.4, -0.2) is 51.8 Å². The van der Waals surface area contributed by atoms with Gasteiger partial charge >= 0.3 is 12.0 Å². The van der Waals surface area contributed by atoms with Crippen LogP contribution in [0.15, 0.2) is 0 Å². The lowest BCUT2D eigenvalue weighted by Crippen LogP contribution is -2.55. The number of likely N-dealkylation sites (tertiary alicyclic amines) is 1. The van der Waals surface area contributed by atoms with Crippen LogP contribution in [0.3, 0.4) is 0 Å². The lowest BCUT2D eigenvalue weighted by molar-refractivity contribution is -0.144. The molecule has 1 saturated heterocycles. The monoisotopic (exact) mass is 298 g/mol. The van der Waals surface area contributed by atoms with Gasteiger partial charge in [-0.2, -0.15) is 0 Å². The number of piperidine rings is 1. The molecule has 3 N–H and O–H groups in total. The number of aliphatic carboxylic acids is 1. The molecule has 0 aromatic carbocycles. The van der Waals surface area contributed by atoms with Crippen molar-refractivity contribution >= 4 is 12.0 Å². The van der Waals surface area contributed by atoms with Crippen LogP contribution in [-0.2, 0) is 4.79 Å². The standard InChI is InChI=1S/C15H26N2O4/c1-2-10-7-8-17(13(9-10)14(19)20)15(21)16-11-3-5-12(18)6-4-11/h10-13,18H,2-9H2,1H3,(H,16,21)(H,19,20). The second kappa shape index (κ2) is 7.11. The highest BCUT2D eigenvalue weighted by Gasteiger charge is 2.36. The summed E-state index contributed by atoms with van der Waals surface area (Å²) in [6, 6.07) is -0.921. The van der Waals surface area contributed by atoms with Gasteiger partial charge in [0.15, 0.2) is 0 Å². The van der Waals surface area contributed by atoms with Gasteiger partial charge in [0.25, 0.3) is 0 Å². The molecule has 120 valence electrons. The molecular weight excluding hydrogens is 272 g/mol. The Bertz CT molecular complexity index is 380. The molecule has 0 spiro atoms. The van der Waals surface area contributed by atoms with Crippen LogP contribution in [0.5, 0.6) is 0 Å². The van der Waals surface area contributed by atoms with Crippen molar-refractivity contribution in [1.82, 2.24) is 10.2 Å². The molecule has 2 aliphatic rings. The Hall–Kier alpha value is -1.30. The van der Waals surface area contributed by atoms with E-state index in [2.05, 4.69) is 12.2 Å². The molecule has 2 atom stereocenters. The predicted octanol–water partition coefficient (Wildman–Crippen LogP) is 1.57. The molecular formula is C15H26N2O4. The fraction of sp³-hybridized carbons (Fsp3) is 0.867. The number of carboxylic acids is 1. The molecule has 2 rings (SSSR count). The van der Waals surface area contributed by atoms with Crippen molar-refractivity contribution in [3.8, 4) is 0 Å². The first kappa shape index (κ1) is 16.1. The van der Waals surface area contributed by atoms with Crippen molar-refractivity contribution in [2.45, 2.75) is 70.1 Å². The first-order valence-electron chi connectivity index (χ1n) is 7.99. The van der Waals surface area contributed by atoms with Crippen LogP contribution in [0.25, 0.3) is 0 Å². The number of carbonyl (C=O) groups excluding carboxylic acids is 1. The maximum atomic E-state index is 12.3. The summed E-state index contributed by atoms with van der Waals surface area (Å²) < 4.78 is 0. The van der Waals surface area contributed by atoms with Crippen LogP contribution in [0, 0.1) is 5.92 Å². The van der Waals surface area contributed by atoms with Gasteiger partial charge in [-0.15, -0.1) is 0 Å². The Balaban J connectivity index is 1.92. The molecule has 2 unspecified atom stereocenters. The fourth-order valence-electron chi connectivity index (χ4n) is 3.36. The molecule has 1 saturated carbocycles. The predicted molar refractivity (Wildman–Crippen MR) is 77.9 cm³/mol. The van der Waals surface area contributed by atoms with Gasteiger partial charge in [0.2, 0.25) is 0 Å². The number of aliphatic hydroxyl groups excluding tert-OH is 1. The molecule has 2 fully saturated rings. The highest BCUT2D eigenvalue weighted by molar-refractivity contribution is 5.83. The summed E-state index contributed by atoms with van der Waals surface area (Å²) in [6.07, 6.45) is 5.03. The second-order valence-corrected chi connectivity index (χ2v) is 6.30. The van der Waals surface area contributed by atoms with E-state index in [1.54, 1.807) is 0 Å². The zero-order valence-electron chi connectivity index (χ0n) is 12.6. The lowest BCUT2D eigenvalue weighted by atomic mass is 9.89. The summed E-state index contributed by atoms with van der Waals surface area (Å²) in [5.41, 5.74) is 0. The number of nitrogens with one attached hydrogen (secondary N) is 1. The molecule has 1 aliphatic carbocycles. The van der Waals surface area contributed by atoms with Crippen LogP contribution >= 0.6 is 0 Å². The molecule has 1 heterocycles. The van der Waals surface area contributed by atoms with Crippen molar-refractivity contribution in [1.29, 1.82) is 0 Å². The second-order valence-electron chi connectivity index (χ2n) is 6.30. The summed E-state index contributed by atoms with van der Waals surface area (Å²) in [6.45, 7) is 2.57. The molecule has 1 aliphatic heterocycles. The Morgan fingerprint density at radius 1 is 1.19 bits per heavy atom. The summed E-state index contributed by atoms with van der Waals surface area (Å²) >= 11 is 0. The first-order valence-corrected chi connectivity index (χ1v) is 7.99. The largest absolute Gasteiger partial charge is 0.480 e. The minimum atomic E-state index is -0.914. The lowest BCUT2D eigenvalue weighted by Gasteiger charge is -2.38. The maximum Gasteiger partial charge on any atom is 0.326 e. The van der Waals surface area contributed by atoms with Gasteiger partial charge in [-0.05, 0) is 44.4 Å². The van der Waals surface area contributed by atoms with Crippen LogP contribution < -0.4 is 5.32 Å². The zero-order valence-corrected chi connectivity index (χ0v) is 12.6. The van der Waals surface area contributed by atoms with Gasteiger partial charge in [-0.3, -0.25) is 0 Å². The molecule has 0 aromatic heterocycles. The van der Waals surface area contributed by atoms with Crippen LogP contribution in [0.4, 0.5) is 4.79 Å². The SMILES string of the molecule is CCC1CCN(C(=O)NC2CCC(O)CC2)C(C(=O)O)C1. The third kappa shape index (κ3) is 4.09. The number of amides is 2. The van der Waals surface area contributed by atoms with Gasteiger partial charge in [0, 0.05) is 12.6 Å². The van der Waals surface area contributed by atoms with E-state index in [0.717, 1.165) is 25.7 Å². The van der Waals surface area contributed by atoms with E-state index >= 15 is 0 Å². The topological polar surface area (TPSA) is 89.9 Å². The molecule has 0 radical (unpaired) electrons. The van der Waals surface area contributed by atoms with Gasteiger partial charge in [-0.25, -0.2) is 9.59 Å². The van der Waals surface area contributed by atoms with E-state index in [0.29, 0.717) is 31.7 Å². The Labute approximate surface area is 125 Å². The van der Waals surface area contributed by atoms with Gasteiger partial charge < -0.3 is 20.4 Å². The molecule has 21 heavy (non-hydrogen) atoms. The number of carbonyl (C=O) groups is 2. The first-order chi connectivity index (χ1) is 10.0. The molecule has 0 aromatic rings. The summed E-state index contributed by atoms with van der Waals surface area (Å²) in [5.74, 6) is -0.526. The number of urea groups is 1. The molecule has 6 nitrogen and oxygen atoms in total. The van der Waals surface area contributed by atoms with Crippen molar-refractivity contribution in [3.63, 3.8) is 0 Å². The Kier molecular flexibility index (Phi) is 5.45. The van der Waals surface area contributed by atoms with Crippen molar-refractivity contribution in [2.24, 2.45) is 5.92 Å². The summed E-state index contributed by atoms with van der Waals surface area (Å²) in [5, 5.41) is 21.8. The molecule has 0 bridgehead atoms. The van der Waals surface area contributed by atoms with Gasteiger partial charge in [-0.1, -0.05) is 13.3 Å². The minimum Gasteiger partial charge on any atom is -0.480 e. The number of rotatable bonds is 3. The highest BCUT2D eigenvalue weighted by atomic mass is 16.4. The summed E-state index contributed by atoms with van der Waals surface area (Å²) in [4.78, 5) is 25.2. The number of hydrogen-bond donors (Lipinski definition) is 3. The average Bonchev–Trinajstić information content (AvgIpc) is 2.48. The maximum absolute atomic E-state index is 12.3. The number of hydrogen-bond acceptors (Lipinski definition) is 3. The molecule has 2 amide bonds. The van der Waals surface area contributed by atoms with E-state index in [4.69, 9.17) is 0 Å². The number of nitrogens with zero attached hydrogens (tertiary/aromatic N) is 1. The van der Waals surface area contributed by atoms with E-state index in [-0.39, 0.29) is 18.2 Å². The minimum absolute atomic E-state index is 0.0549. The van der Waals surface area contributed by atoms with E-state index in [1.807, 2.05) is 0 Å². The van der Waals surface area contributed by atoms with E-state index in [1.165, 1.54) is 4.90 Å².